The van der Waals surface area contributed by atoms with Crippen molar-refractivity contribution in [2.45, 2.75) is 108 Å². The van der Waals surface area contributed by atoms with Gasteiger partial charge in [-0.1, -0.05) is 25.7 Å². The summed E-state index contributed by atoms with van der Waals surface area (Å²) in [6.07, 6.45) is 1.19. The maximum absolute atomic E-state index is 13.4. The van der Waals surface area contributed by atoms with Gasteiger partial charge in [0.15, 0.2) is 0 Å². The van der Waals surface area contributed by atoms with Crippen molar-refractivity contribution in [2.24, 2.45) is 11.7 Å². The van der Waals surface area contributed by atoms with Crippen molar-refractivity contribution in [1.29, 1.82) is 0 Å². The fourth-order valence-corrected chi connectivity index (χ4v) is 6.00. The number of nitrogens with zero attached hydrogens (tertiary/aromatic N) is 2. The fraction of sp³-hybridized carbons (Fsp3) is 0.741. The van der Waals surface area contributed by atoms with E-state index in [1.807, 2.05) is 37.5 Å². The van der Waals surface area contributed by atoms with E-state index in [1.54, 1.807) is 0 Å². The van der Waals surface area contributed by atoms with Gasteiger partial charge < -0.3 is 24.3 Å². The normalized spacial score (nSPS) is 20.9. The Morgan fingerprint density at radius 2 is 1.95 bits per heavy atom. The molecule has 0 saturated heterocycles. The van der Waals surface area contributed by atoms with Crippen LogP contribution in [0.1, 0.15) is 69.9 Å². The Bertz CT molecular complexity index is 1090. The molecule has 38 heavy (non-hydrogen) atoms. The quantitative estimate of drug-likeness (QED) is 0.183. The number of nitrogens with one attached hydrogen (secondary N) is 1. The Morgan fingerprint density at radius 1 is 1.26 bits per heavy atom. The molecule has 1 aromatic heterocycles. The van der Waals surface area contributed by atoms with Crippen LogP contribution in [0.4, 0.5) is 8.78 Å². The highest BCUT2D eigenvalue weighted by Crippen LogP contribution is 2.41. The summed E-state index contributed by atoms with van der Waals surface area (Å²) in [7, 11) is -1.28. The van der Waals surface area contributed by atoms with Gasteiger partial charge in [0.1, 0.15) is 23.3 Å². The smallest absolute Gasteiger partial charge is 0.253 e. The van der Waals surface area contributed by atoms with Crippen molar-refractivity contribution in [3.05, 3.63) is 29.6 Å². The molecule has 214 valence electrons. The molecule has 3 atom stereocenters. The lowest BCUT2D eigenvalue weighted by atomic mass is 9.91. The molecule has 11 heteroatoms. The molecule has 0 amide bonds. The van der Waals surface area contributed by atoms with Gasteiger partial charge in [0, 0.05) is 44.9 Å². The lowest BCUT2D eigenvalue weighted by molar-refractivity contribution is -0.167. The highest BCUT2D eigenvalue weighted by atomic mass is 32.2. The number of hydrogen-bond acceptors (Lipinski definition) is 6. The van der Waals surface area contributed by atoms with Gasteiger partial charge >= 0.3 is 0 Å². The molecule has 0 spiro atoms. The summed E-state index contributed by atoms with van der Waals surface area (Å²) in [6.45, 7) is 13.6. The number of nitrogens with two attached hydrogens (primary N) is 1. The first-order chi connectivity index (χ1) is 17.6. The summed E-state index contributed by atoms with van der Waals surface area (Å²) in [5, 5.41) is 0. The average Bonchev–Trinajstić information content (AvgIpc) is 3.57. The maximum Gasteiger partial charge on any atom is 0.253 e. The van der Waals surface area contributed by atoms with Crippen molar-refractivity contribution >= 4 is 30.5 Å². The first kappa shape index (κ1) is 29.9. The molecule has 2 aromatic rings. The lowest BCUT2D eigenvalue weighted by Crippen LogP contribution is -2.46. The number of hydrogen-bond donors (Lipinski definition) is 2. The summed E-state index contributed by atoms with van der Waals surface area (Å²) in [4.78, 5) is 4.91. The Kier molecular flexibility index (Phi) is 8.98. The van der Waals surface area contributed by atoms with E-state index in [4.69, 9.17) is 20.2 Å². The van der Waals surface area contributed by atoms with Crippen LogP contribution in [0.2, 0.25) is 25.7 Å². The van der Waals surface area contributed by atoms with E-state index in [0.29, 0.717) is 18.3 Å². The van der Waals surface area contributed by atoms with Crippen molar-refractivity contribution in [3.8, 4) is 0 Å². The third-order valence-electron chi connectivity index (χ3n) is 7.20. The molecule has 7 nitrogen and oxygen atoms in total. The standard InChI is InChI=1S/C27H44F2N4O3SSi/c1-26(2,3)37(34)32-22(16-36-20-14-27(28,29)15-20)25-31-21-10-9-19(24(30)18-7-8-18)13-23(21)33(25)17-35-11-12-38(4,5)6/h9-10,13,18,20,22,24,32H,7-8,11-12,14-17,30H2,1-6H3. The summed E-state index contributed by atoms with van der Waals surface area (Å²) >= 11 is -1.43. The fourth-order valence-electron chi connectivity index (χ4n) is 4.45. The molecule has 0 bridgehead atoms. The minimum atomic E-state index is -2.67. The van der Waals surface area contributed by atoms with Crippen molar-refractivity contribution in [1.82, 2.24) is 14.3 Å². The number of imidazole rings is 1. The Hall–Kier alpha value is -1.08. The molecule has 3 unspecified atom stereocenters. The molecular formula is C27H44F2N4O3SSi. The van der Waals surface area contributed by atoms with Crippen LogP contribution in [0.3, 0.4) is 0 Å². The predicted molar refractivity (Wildman–Crippen MR) is 151 cm³/mol. The van der Waals surface area contributed by atoms with Crippen LogP contribution in [0.25, 0.3) is 11.0 Å². The van der Waals surface area contributed by atoms with Gasteiger partial charge in [0.2, 0.25) is 0 Å². The van der Waals surface area contributed by atoms with E-state index in [-0.39, 0.29) is 32.2 Å². The largest absolute Gasteiger partial charge is 0.598 e. The van der Waals surface area contributed by atoms with Crippen LogP contribution in [0, 0.1) is 5.92 Å². The zero-order valence-corrected chi connectivity index (χ0v) is 25.4. The molecule has 2 aliphatic rings. The van der Waals surface area contributed by atoms with Gasteiger partial charge in [0.25, 0.3) is 5.92 Å². The highest BCUT2D eigenvalue weighted by molar-refractivity contribution is 7.90. The molecule has 2 fully saturated rings. The summed E-state index contributed by atoms with van der Waals surface area (Å²) < 4.78 is 56.7. The van der Waals surface area contributed by atoms with Gasteiger partial charge in [-0.25, -0.2) is 13.8 Å². The summed E-state index contributed by atoms with van der Waals surface area (Å²) in [5.74, 6) is -1.54. The van der Waals surface area contributed by atoms with E-state index in [1.165, 1.54) is 0 Å². The van der Waals surface area contributed by atoms with E-state index >= 15 is 0 Å². The summed E-state index contributed by atoms with van der Waals surface area (Å²) in [5.41, 5.74) is 9.26. The molecule has 4 rings (SSSR count). The second-order valence-corrected chi connectivity index (χ2v) is 20.7. The Balaban J connectivity index is 1.64. The van der Waals surface area contributed by atoms with Crippen LogP contribution in [-0.2, 0) is 27.6 Å². The second-order valence-electron chi connectivity index (χ2n) is 13.1. The maximum atomic E-state index is 13.4. The highest BCUT2D eigenvalue weighted by Gasteiger charge is 2.46. The first-order valence-corrected chi connectivity index (χ1v) is 18.5. The third kappa shape index (κ3) is 7.77. The van der Waals surface area contributed by atoms with Crippen molar-refractivity contribution in [2.75, 3.05) is 13.2 Å². The van der Waals surface area contributed by atoms with Crippen LogP contribution in [0.5, 0.6) is 0 Å². The predicted octanol–water partition coefficient (Wildman–Crippen LogP) is 5.67. The molecular weight excluding hydrogens is 526 g/mol. The van der Waals surface area contributed by atoms with E-state index in [0.717, 1.165) is 35.5 Å². The first-order valence-electron chi connectivity index (χ1n) is 13.6. The van der Waals surface area contributed by atoms with Gasteiger partial charge in [0.05, 0.1) is 23.7 Å². The second kappa shape index (κ2) is 11.4. The van der Waals surface area contributed by atoms with Crippen LogP contribution in [-0.4, -0.2) is 52.2 Å². The number of rotatable bonds is 13. The monoisotopic (exact) mass is 570 g/mol. The molecule has 3 N–H and O–H groups in total. The van der Waals surface area contributed by atoms with Crippen LogP contribution in [0.15, 0.2) is 18.2 Å². The van der Waals surface area contributed by atoms with Crippen molar-refractivity contribution in [3.63, 3.8) is 0 Å². The molecule has 1 heterocycles. The van der Waals surface area contributed by atoms with E-state index < -0.39 is 42.3 Å². The SMILES string of the molecule is CC(C)(C)[S+]([O-])NC(COC1CC(F)(F)C1)c1nc2ccc(C(N)C3CC3)cc2n1COCC[Si](C)(C)C. The van der Waals surface area contributed by atoms with Crippen LogP contribution < -0.4 is 10.5 Å². The number of alkyl halides is 2. The van der Waals surface area contributed by atoms with Gasteiger partial charge in [-0.2, -0.15) is 0 Å². The van der Waals surface area contributed by atoms with Gasteiger partial charge in [-0.3, -0.25) is 0 Å². The molecule has 0 radical (unpaired) electrons. The number of fused-ring (bicyclic) bond motifs is 1. The zero-order valence-electron chi connectivity index (χ0n) is 23.6. The number of halogens is 2. The average molecular weight is 571 g/mol. The lowest BCUT2D eigenvalue weighted by Gasteiger charge is -2.36. The number of ether oxygens (including phenoxy) is 2. The van der Waals surface area contributed by atoms with Crippen LogP contribution >= 0.6 is 0 Å². The topological polar surface area (TPSA) is 97.4 Å². The Morgan fingerprint density at radius 3 is 2.53 bits per heavy atom. The van der Waals surface area contributed by atoms with E-state index in [9.17, 15) is 13.3 Å². The van der Waals surface area contributed by atoms with E-state index in [2.05, 4.69) is 30.4 Å². The molecule has 1 aromatic carbocycles. The minimum absolute atomic E-state index is 0.0232. The molecule has 0 aliphatic heterocycles. The van der Waals surface area contributed by atoms with Crippen molar-refractivity contribution < 1.29 is 22.8 Å². The van der Waals surface area contributed by atoms with Gasteiger partial charge in [-0.05, 0) is 63.3 Å². The zero-order chi connectivity index (χ0) is 27.9. The third-order valence-corrected chi connectivity index (χ3v) is 10.5. The summed E-state index contributed by atoms with van der Waals surface area (Å²) in [6, 6.07) is 6.52. The number of benzene rings is 1. The van der Waals surface area contributed by atoms with Gasteiger partial charge in [-0.15, -0.1) is 4.72 Å². The number of aromatic nitrogens is 2. The molecule has 2 saturated carbocycles. The minimum Gasteiger partial charge on any atom is -0.598 e. The Labute approximate surface area is 229 Å². The molecule has 2 aliphatic carbocycles.